The Balaban J connectivity index is 2.73. The maximum absolute atomic E-state index is 9.15. The van der Waals surface area contributed by atoms with Crippen molar-refractivity contribution in [3.63, 3.8) is 0 Å². The highest BCUT2D eigenvalue weighted by atomic mass is 35.5. The second-order valence-corrected chi connectivity index (χ2v) is 4.11. The van der Waals surface area contributed by atoms with Gasteiger partial charge in [-0.3, -0.25) is 0 Å². The minimum Gasteiger partial charge on any atom is -0.394 e. The van der Waals surface area contributed by atoms with Crippen LogP contribution in [0.1, 0.15) is 5.56 Å². The van der Waals surface area contributed by atoms with Gasteiger partial charge in [-0.2, -0.15) is 0 Å². The average molecular weight is 250 g/mol. The highest BCUT2D eigenvalue weighted by molar-refractivity contribution is 6.35. The Bertz CT molecular complexity index is 344. The Morgan fingerprint density at radius 2 is 2.00 bits per heavy atom. The molecular weight excluding hydrogens is 237 g/mol. The first-order chi connectivity index (χ1) is 7.04. The lowest BCUT2D eigenvalue weighted by molar-refractivity contribution is 0.105. The standard InChI is InChI=1S/C10H13Cl2NO2/c1-6-2-9(12)10(3-8(6)11)13-4-7(15)5-14/h2-3,7,13-15H,4-5H2,1H3. The van der Waals surface area contributed by atoms with Crippen LogP contribution in [0.5, 0.6) is 0 Å². The van der Waals surface area contributed by atoms with E-state index < -0.39 is 6.10 Å². The number of aryl methyl sites for hydroxylation is 1. The molecule has 5 heteroatoms. The molecule has 3 nitrogen and oxygen atoms in total. The van der Waals surface area contributed by atoms with E-state index in [2.05, 4.69) is 5.32 Å². The van der Waals surface area contributed by atoms with Crippen LogP contribution in [0.2, 0.25) is 10.0 Å². The van der Waals surface area contributed by atoms with Gasteiger partial charge in [0.1, 0.15) is 0 Å². The summed E-state index contributed by atoms with van der Waals surface area (Å²) in [6, 6.07) is 3.45. The van der Waals surface area contributed by atoms with Gasteiger partial charge in [-0.05, 0) is 24.6 Å². The molecule has 1 aromatic carbocycles. The molecule has 1 atom stereocenters. The van der Waals surface area contributed by atoms with E-state index in [9.17, 15) is 0 Å². The highest BCUT2D eigenvalue weighted by Crippen LogP contribution is 2.28. The molecule has 0 radical (unpaired) electrons. The Hall–Kier alpha value is -0.480. The van der Waals surface area contributed by atoms with E-state index >= 15 is 0 Å². The summed E-state index contributed by atoms with van der Waals surface area (Å²) in [6.45, 7) is 1.81. The predicted molar refractivity (Wildman–Crippen MR) is 62.8 cm³/mol. The van der Waals surface area contributed by atoms with Gasteiger partial charge >= 0.3 is 0 Å². The Morgan fingerprint density at radius 3 is 2.60 bits per heavy atom. The molecule has 0 fully saturated rings. The molecule has 0 aromatic heterocycles. The minimum absolute atomic E-state index is 0.232. The maximum Gasteiger partial charge on any atom is 0.0942 e. The smallest absolute Gasteiger partial charge is 0.0942 e. The second-order valence-electron chi connectivity index (χ2n) is 3.30. The monoisotopic (exact) mass is 249 g/mol. The Morgan fingerprint density at radius 1 is 1.33 bits per heavy atom. The van der Waals surface area contributed by atoms with Crippen molar-refractivity contribution in [3.8, 4) is 0 Å². The highest BCUT2D eigenvalue weighted by Gasteiger charge is 2.06. The van der Waals surface area contributed by atoms with Crippen molar-refractivity contribution in [3.05, 3.63) is 27.7 Å². The predicted octanol–water partition coefficient (Wildman–Crippen LogP) is 2.07. The SMILES string of the molecule is Cc1cc(Cl)c(NCC(O)CO)cc1Cl. The van der Waals surface area contributed by atoms with Crippen molar-refractivity contribution in [2.75, 3.05) is 18.5 Å². The third kappa shape index (κ3) is 3.54. The van der Waals surface area contributed by atoms with Gasteiger partial charge in [-0.15, -0.1) is 0 Å². The van der Waals surface area contributed by atoms with E-state index in [0.717, 1.165) is 5.56 Å². The third-order valence-electron chi connectivity index (χ3n) is 1.99. The first-order valence-electron chi connectivity index (χ1n) is 4.53. The van der Waals surface area contributed by atoms with Crippen molar-refractivity contribution in [1.29, 1.82) is 0 Å². The fourth-order valence-corrected chi connectivity index (χ4v) is 1.52. The normalized spacial score (nSPS) is 12.6. The summed E-state index contributed by atoms with van der Waals surface area (Å²) < 4.78 is 0. The summed E-state index contributed by atoms with van der Waals surface area (Å²) >= 11 is 11.9. The molecule has 0 saturated carbocycles. The second kappa shape index (κ2) is 5.56. The van der Waals surface area contributed by atoms with Gasteiger partial charge in [-0.25, -0.2) is 0 Å². The molecule has 0 bridgehead atoms. The van der Waals surface area contributed by atoms with E-state index in [4.69, 9.17) is 33.4 Å². The molecule has 0 aliphatic heterocycles. The zero-order valence-electron chi connectivity index (χ0n) is 8.30. The molecule has 0 aliphatic carbocycles. The molecule has 0 saturated heterocycles. The van der Waals surface area contributed by atoms with Crippen LogP contribution >= 0.6 is 23.2 Å². The van der Waals surface area contributed by atoms with Crippen LogP contribution < -0.4 is 5.32 Å². The topological polar surface area (TPSA) is 52.5 Å². The third-order valence-corrected chi connectivity index (χ3v) is 2.71. The van der Waals surface area contributed by atoms with Gasteiger partial charge < -0.3 is 15.5 Å². The number of aliphatic hydroxyl groups excluding tert-OH is 2. The van der Waals surface area contributed by atoms with Gasteiger partial charge in [0, 0.05) is 11.6 Å². The van der Waals surface area contributed by atoms with E-state index in [-0.39, 0.29) is 13.2 Å². The Kier molecular flexibility index (Phi) is 4.67. The lowest BCUT2D eigenvalue weighted by Crippen LogP contribution is -2.23. The number of aliphatic hydroxyl groups is 2. The van der Waals surface area contributed by atoms with Crippen LogP contribution in [-0.2, 0) is 0 Å². The van der Waals surface area contributed by atoms with Crippen LogP contribution in [0.25, 0.3) is 0 Å². The van der Waals surface area contributed by atoms with Gasteiger partial charge in [0.2, 0.25) is 0 Å². The first-order valence-corrected chi connectivity index (χ1v) is 5.28. The van der Waals surface area contributed by atoms with Crippen LogP contribution in [0.4, 0.5) is 5.69 Å². The van der Waals surface area contributed by atoms with Crippen LogP contribution in [-0.4, -0.2) is 29.5 Å². The number of hydrogen-bond donors (Lipinski definition) is 3. The molecule has 84 valence electrons. The van der Waals surface area contributed by atoms with Gasteiger partial charge in [0.25, 0.3) is 0 Å². The van der Waals surface area contributed by atoms with E-state index in [1.54, 1.807) is 12.1 Å². The van der Waals surface area contributed by atoms with Crippen LogP contribution in [0, 0.1) is 6.92 Å². The maximum atomic E-state index is 9.15. The number of nitrogens with one attached hydrogen (secondary N) is 1. The molecule has 1 aromatic rings. The van der Waals surface area contributed by atoms with Crippen molar-refractivity contribution >= 4 is 28.9 Å². The molecule has 0 heterocycles. The molecule has 0 amide bonds. The number of hydrogen-bond acceptors (Lipinski definition) is 3. The van der Waals surface area contributed by atoms with E-state index in [1.807, 2.05) is 6.92 Å². The molecule has 15 heavy (non-hydrogen) atoms. The lowest BCUT2D eigenvalue weighted by Gasteiger charge is -2.12. The average Bonchev–Trinajstić information content (AvgIpc) is 2.21. The van der Waals surface area contributed by atoms with E-state index in [0.29, 0.717) is 15.7 Å². The summed E-state index contributed by atoms with van der Waals surface area (Å²) in [6.07, 6.45) is -0.804. The van der Waals surface area contributed by atoms with Crippen molar-refractivity contribution < 1.29 is 10.2 Å². The van der Waals surface area contributed by atoms with E-state index in [1.165, 1.54) is 0 Å². The quantitative estimate of drug-likeness (QED) is 0.766. The summed E-state index contributed by atoms with van der Waals surface area (Å²) in [5, 5.41) is 21.8. The summed E-state index contributed by atoms with van der Waals surface area (Å²) in [5.74, 6) is 0. The first kappa shape index (κ1) is 12.6. The number of halogens is 2. The van der Waals surface area contributed by atoms with Crippen molar-refractivity contribution in [1.82, 2.24) is 0 Å². The Labute approximate surface area is 98.6 Å². The zero-order chi connectivity index (χ0) is 11.4. The van der Waals surface area contributed by atoms with Gasteiger partial charge in [0.15, 0.2) is 0 Å². The fourth-order valence-electron chi connectivity index (χ4n) is 1.07. The number of benzene rings is 1. The number of anilines is 1. The molecule has 0 spiro atoms. The molecule has 1 unspecified atom stereocenters. The summed E-state index contributed by atoms with van der Waals surface area (Å²) in [7, 11) is 0. The largest absolute Gasteiger partial charge is 0.394 e. The zero-order valence-corrected chi connectivity index (χ0v) is 9.81. The van der Waals surface area contributed by atoms with Gasteiger partial charge in [-0.1, -0.05) is 23.2 Å². The molecular formula is C10H13Cl2NO2. The van der Waals surface area contributed by atoms with Crippen molar-refractivity contribution in [2.45, 2.75) is 13.0 Å². The van der Waals surface area contributed by atoms with Gasteiger partial charge in [0.05, 0.1) is 23.4 Å². The molecule has 0 aliphatic rings. The van der Waals surface area contributed by atoms with Crippen LogP contribution in [0.3, 0.4) is 0 Å². The van der Waals surface area contributed by atoms with Crippen LogP contribution in [0.15, 0.2) is 12.1 Å². The molecule has 3 N–H and O–H groups in total. The fraction of sp³-hybridized carbons (Fsp3) is 0.400. The molecule has 1 rings (SSSR count). The minimum atomic E-state index is -0.804. The lowest BCUT2D eigenvalue weighted by atomic mass is 10.2. The summed E-state index contributed by atoms with van der Waals surface area (Å²) in [4.78, 5) is 0. The van der Waals surface area contributed by atoms with Crippen molar-refractivity contribution in [2.24, 2.45) is 0 Å². The number of rotatable bonds is 4. The summed E-state index contributed by atoms with van der Waals surface area (Å²) in [5.41, 5.74) is 1.55.